The SMILES string of the molecule is CN=C(NCCC(=O)OC)N1CCN(C(C)C(F)(F)F)CC1. The number of ether oxygens (including phenoxy) is 1. The molecule has 0 aromatic carbocycles. The summed E-state index contributed by atoms with van der Waals surface area (Å²) in [6, 6.07) is -1.44. The molecule has 1 heterocycles. The molecule has 1 N–H and O–H groups in total. The molecule has 0 radical (unpaired) electrons. The van der Waals surface area contributed by atoms with Crippen LogP contribution in [0.4, 0.5) is 13.2 Å². The molecule has 0 bridgehead atoms. The van der Waals surface area contributed by atoms with Crippen molar-refractivity contribution >= 4 is 11.9 Å². The molecule has 0 aromatic rings. The third-order valence-corrected chi connectivity index (χ3v) is 3.69. The Balaban J connectivity index is 2.43. The third-order valence-electron chi connectivity index (χ3n) is 3.69. The molecule has 1 rings (SSSR count). The summed E-state index contributed by atoms with van der Waals surface area (Å²) in [5, 5.41) is 3.01. The Morgan fingerprint density at radius 2 is 1.91 bits per heavy atom. The minimum Gasteiger partial charge on any atom is -0.469 e. The van der Waals surface area contributed by atoms with Crippen LogP contribution in [0.2, 0.25) is 0 Å². The number of carbonyl (C=O) groups excluding carboxylic acids is 1. The van der Waals surface area contributed by atoms with E-state index in [4.69, 9.17) is 0 Å². The van der Waals surface area contributed by atoms with Gasteiger partial charge in [-0.05, 0) is 6.92 Å². The Kier molecular flexibility index (Phi) is 6.92. The summed E-state index contributed by atoms with van der Waals surface area (Å²) in [6.45, 7) is 3.10. The van der Waals surface area contributed by atoms with E-state index in [1.165, 1.54) is 18.9 Å². The van der Waals surface area contributed by atoms with E-state index in [1.807, 2.05) is 4.90 Å². The number of nitrogens with zero attached hydrogens (tertiary/aromatic N) is 3. The number of guanidine groups is 1. The van der Waals surface area contributed by atoms with Crippen LogP contribution in [0.25, 0.3) is 0 Å². The summed E-state index contributed by atoms with van der Waals surface area (Å²) in [7, 11) is 2.92. The second-order valence-electron chi connectivity index (χ2n) is 5.04. The van der Waals surface area contributed by atoms with Crippen LogP contribution in [0.5, 0.6) is 0 Å². The summed E-state index contributed by atoms with van der Waals surface area (Å²) >= 11 is 0. The van der Waals surface area contributed by atoms with Gasteiger partial charge in [-0.1, -0.05) is 0 Å². The Morgan fingerprint density at radius 3 is 2.36 bits per heavy atom. The van der Waals surface area contributed by atoms with Crippen LogP contribution in [0.1, 0.15) is 13.3 Å². The van der Waals surface area contributed by atoms with Crippen LogP contribution < -0.4 is 5.32 Å². The fourth-order valence-corrected chi connectivity index (χ4v) is 2.24. The highest BCUT2D eigenvalue weighted by molar-refractivity contribution is 5.80. The highest BCUT2D eigenvalue weighted by atomic mass is 19.4. The lowest BCUT2D eigenvalue weighted by atomic mass is 10.2. The highest BCUT2D eigenvalue weighted by Gasteiger charge is 2.41. The first-order valence-electron chi connectivity index (χ1n) is 7.12. The molecule has 0 aliphatic carbocycles. The molecule has 1 aliphatic heterocycles. The molecule has 128 valence electrons. The summed E-state index contributed by atoms with van der Waals surface area (Å²) in [6.07, 6.45) is -4.00. The van der Waals surface area contributed by atoms with E-state index in [9.17, 15) is 18.0 Å². The maximum Gasteiger partial charge on any atom is 0.403 e. The molecule has 0 aromatic heterocycles. The molecule has 1 atom stereocenters. The van der Waals surface area contributed by atoms with Crippen molar-refractivity contribution in [3.05, 3.63) is 0 Å². The topological polar surface area (TPSA) is 57.2 Å². The number of methoxy groups -OCH3 is 1. The molecule has 1 unspecified atom stereocenters. The van der Waals surface area contributed by atoms with Crippen molar-refractivity contribution in [3.8, 4) is 0 Å². The summed E-state index contributed by atoms with van der Waals surface area (Å²) in [4.78, 5) is 18.4. The van der Waals surface area contributed by atoms with Crippen molar-refractivity contribution in [2.45, 2.75) is 25.6 Å². The summed E-state index contributed by atoms with van der Waals surface area (Å²) in [5.41, 5.74) is 0. The molecule has 1 aliphatic rings. The number of hydrogen-bond donors (Lipinski definition) is 1. The number of nitrogens with one attached hydrogen (secondary N) is 1. The molecule has 0 saturated carbocycles. The fraction of sp³-hybridized carbons (Fsp3) is 0.846. The van der Waals surface area contributed by atoms with E-state index < -0.39 is 12.2 Å². The van der Waals surface area contributed by atoms with Crippen LogP contribution >= 0.6 is 0 Å². The molecule has 0 spiro atoms. The van der Waals surface area contributed by atoms with Gasteiger partial charge in [0.1, 0.15) is 6.04 Å². The number of carbonyl (C=O) groups is 1. The molecule has 1 saturated heterocycles. The number of halogens is 3. The Hall–Kier alpha value is -1.51. The van der Waals surface area contributed by atoms with Gasteiger partial charge in [-0.3, -0.25) is 14.7 Å². The molecule has 9 heteroatoms. The van der Waals surface area contributed by atoms with Crippen molar-refractivity contribution in [3.63, 3.8) is 0 Å². The van der Waals surface area contributed by atoms with E-state index in [1.54, 1.807) is 7.05 Å². The van der Waals surface area contributed by atoms with E-state index in [-0.39, 0.29) is 12.4 Å². The number of piperazine rings is 1. The van der Waals surface area contributed by atoms with Gasteiger partial charge >= 0.3 is 12.1 Å². The van der Waals surface area contributed by atoms with Gasteiger partial charge < -0.3 is 15.0 Å². The Morgan fingerprint density at radius 1 is 1.32 bits per heavy atom. The highest BCUT2D eigenvalue weighted by Crippen LogP contribution is 2.25. The Bertz CT molecular complexity index is 393. The number of aliphatic imine (C=N–C) groups is 1. The average molecular weight is 324 g/mol. The van der Waals surface area contributed by atoms with Gasteiger partial charge in [-0.2, -0.15) is 13.2 Å². The fourth-order valence-electron chi connectivity index (χ4n) is 2.24. The lowest BCUT2D eigenvalue weighted by Gasteiger charge is -2.39. The van der Waals surface area contributed by atoms with E-state index in [0.29, 0.717) is 38.7 Å². The quantitative estimate of drug-likeness (QED) is 0.468. The van der Waals surface area contributed by atoms with E-state index in [0.717, 1.165) is 0 Å². The summed E-state index contributed by atoms with van der Waals surface area (Å²) in [5.74, 6) is 0.259. The number of hydrogen-bond acceptors (Lipinski definition) is 4. The van der Waals surface area contributed by atoms with Crippen molar-refractivity contribution in [1.82, 2.24) is 15.1 Å². The zero-order valence-electron chi connectivity index (χ0n) is 13.1. The minimum atomic E-state index is -4.21. The van der Waals surface area contributed by atoms with E-state index in [2.05, 4.69) is 15.0 Å². The first-order chi connectivity index (χ1) is 10.3. The monoisotopic (exact) mass is 324 g/mol. The third kappa shape index (κ3) is 5.36. The lowest BCUT2D eigenvalue weighted by Crippen LogP contribution is -2.56. The first kappa shape index (κ1) is 18.5. The van der Waals surface area contributed by atoms with E-state index >= 15 is 0 Å². The van der Waals surface area contributed by atoms with Gasteiger partial charge in [-0.15, -0.1) is 0 Å². The van der Waals surface area contributed by atoms with Gasteiger partial charge in [-0.25, -0.2) is 0 Å². The number of alkyl halides is 3. The predicted molar refractivity (Wildman–Crippen MR) is 76.7 cm³/mol. The van der Waals surface area contributed by atoms with Crippen LogP contribution in [0.3, 0.4) is 0 Å². The largest absolute Gasteiger partial charge is 0.469 e. The molecule has 6 nitrogen and oxygen atoms in total. The molecular formula is C13H23F3N4O2. The Labute approximate surface area is 128 Å². The smallest absolute Gasteiger partial charge is 0.403 e. The lowest BCUT2D eigenvalue weighted by molar-refractivity contribution is -0.181. The van der Waals surface area contributed by atoms with Crippen molar-refractivity contribution in [2.24, 2.45) is 4.99 Å². The number of esters is 1. The van der Waals surface area contributed by atoms with Crippen LogP contribution in [0.15, 0.2) is 4.99 Å². The maximum absolute atomic E-state index is 12.7. The zero-order valence-corrected chi connectivity index (χ0v) is 13.1. The van der Waals surface area contributed by atoms with Crippen molar-refractivity contribution in [2.75, 3.05) is 46.9 Å². The van der Waals surface area contributed by atoms with Gasteiger partial charge in [0.05, 0.1) is 13.5 Å². The zero-order chi connectivity index (χ0) is 16.8. The van der Waals surface area contributed by atoms with Crippen molar-refractivity contribution < 1.29 is 22.7 Å². The van der Waals surface area contributed by atoms with Gasteiger partial charge in [0.25, 0.3) is 0 Å². The van der Waals surface area contributed by atoms with Crippen LogP contribution in [0, 0.1) is 0 Å². The second-order valence-corrected chi connectivity index (χ2v) is 5.04. The minimum absolute atomic E-state index is 0.209. The van der Waals surface area contributed by atoms with Crippen LogP contribution in [-0.2, 0) is 9.53 Å². The second kappa shape index (κ2) is 8.21. The van der Waals surface area contributed by atoms with Crippen LogP contribution in [-0.4, -0.2) is 80.8 Å². The predicted octanol–water partition coefficient (Wildman–Crippen LogP) is 0.693. The summed E-state index contributed by atoms with van der Waals surface area (Å²) < 4.78 is 42.6. The standard InChI is InChI=1S/C13H23F3N4O2/c1-10(13(14,15)16)19-6-8-20(9-7-19)12(17-2)18-5-4-11(21)22-3/h10H,4-9H2,1-3H3,(H,17,18). The first-order valence-corrected chi connectivity index (χ1v) is 7.12. The normalized spacial score (nSPS) is 19.0. The van der Waals surface area contributed by atoms with Gasteiger partial charge in [0, 0.05) is 39.8 Å². The molecular weight excluding hydrogens is 301 g/mol. The molecule has 22 heavy (non-hydrogen) atoms. The maximum atomic E-state index is 12.7. The molecule has 0 amide bonds. The number of rotatable bonds is 4. The average Bonchev–Trinajstić information content (AvgIpc) is 2.50. The van der Waals surface area contributed by atoms with Crippen molar-refractivity contribution in [1.29, 1.82) is 0 Å². The van der Waals surface area contributed by atoms with Gasteiger partial charge in [0.2, 0.25) is 0 Å². The van der Waals surface area contributed by atoms with Gasteiger partial charge in [0.15, 0.2) is 5.96 Å². The molecule has 1 fully saturated rings.